The number of para-hydroxylation sites is 1. The second kappa shape index (κ2) is 8.54. The first-order valence-corrected chi connectivity index (χ1v) is 10.9. The van der Waals surface area contributed by atoms with Crippen LogP contribution in [0.5, 0.6) is 17.2 Å². The number of carbonyl (C=O) groups excluding carboxylic acids is 1. The highest BCUT2D eigenvalue weighted by Gasteiger charge is 2.35. The topological polar surface area (TPSA) is 63.8 Å². The molecule has 6 heteroatoms. The molecule has 1 aromatic heterocycles. The van der Waals surface area contributed by atoms with Gasteiger partial charge in [0.2, 0.25) is 5.75 Å². The van der Waals surface area contributed by atoms with Crippen LogP contribution in [-0.2, 0) is 6.42 Å². The summed E-state index contributed by atoms with van der Waals surface area (Å²) < 4.78 is 16.4. The van der Waals surface area contributed by atoms with Crippen molar-refractivity contribution >= 4 is 16.8 Å². The van der Waals surface area contributed by atoms with Gasteiger partial charge in [-0.1, -0.05) is 48.5 Å². The Kier molecular flexibility index (Phi) is 5.42. The Morgan fingerprint density at radius 1 is 0.909 bits per heavy atom. The average Bonchev–Trinajstić information content (AvgIpc) is 3.26. The van der Waals surface area contributed by atoms with Crippen LogP contribution in [0.15, 0.2) is 66.7 Å². The molecule has 0 radical (unpaired) electrons. The molecule has 1 N–H and O–H groups in total. The SMILES string of the molecule is COc1cc(C(=O)N2CCc3c([nH]c4ccccc34)[C@H]2c2ccccc2)cc(OC)c1OC. The van der Waals surface area contributed by atoms with Crippen molar-refractivity contribution in [3.63, 3.8) is 0 Å². The van der Waals surface area contributed by atoms with E-state index in [-0.39, 0.29) is 11.9 Å². The van der Waals surface area contributed by atoms with Crippen LogP contribution < -0.4 is 14.2 Å². The van der Waals surface area contributed by atoms with Crippen molar-refractivity contribution in [1.29, 1.82) is 0 Å². The molecule has 4 aromatic rings. The monoisotopic (exact) mass is 442 g/mol. The van der Waals surface area contributed by atoms with Gasteiger partial charge in [-0.15, -0.1) is 0 Å². The van der Waals surface area contributed by atoms with Crippen molar-refractivity contribution in [3.8, 4) is 17.2 Å². The van der Waals surface area contributed by atoms with Gasteiger partial charge >= 0.3 is 0 Å². The summed E-state index contributed by atoms with van der Waals surface area (Å²) in [4.78, 5) is 19.4. The molecule has 0 spiro atoms. The second-order valence-corrected chi connectivity index (χ2v) is 8.04. The van der Waals surface area contributed by atoms with Crippen LogP contribution in [0.3, 0.4) is 0 Å². The molecule has 0 bridgehead atoms. The zero-order chi connectivity index (χ0) is 22.9. The molecule has 0 unspecified atom stereocenters. The molecule has 5 rings (SSSR count). The van der Waals surface area contributed by atoms with Gasteiger partial charge in [0.05, 0.1) is 27.4 Å². The predicted octanol–water partition coefficient (Wildman–Crippen LogP) is 4.98. The smallest absolute Gasteiger partial charge is 0.254 e. The fourth-order valence-corrected chi connectivity index (χ4v) is 4.81. The summed E-state index contributed by atoms with van der Waals surface area (Å²) in [5.41, 5.74) is 4.98. The van der Waals surface area contributed by atoms with Crippen LogP contribution in [0.2, 0.25) is 0 Å². The van der Waals surface area contributed by atoms with Crippen LogP contribution in [0.25, 0.3) is 10.9 Å². The molecule has 2 heterocycles. The number of benzene rings is 3. The van der Waals surface area contributed by atoms with Gasteiger partial charge in [-0.05, 0) is 35.7 Å². The number of nitrogens with zero attached hydrogens (tertiary/aromatic N) is 1. The summed E-state index contributed by atoms with van der Waals surface area (Å²) >= 11 is 0. The van der Waals surface area contributed by atoms with E-state index < -0.39 is 0 Å². The van der Waals surface area contributed by atoms with E-state index in [2.05, 4.69) is 35.3 Å². The fraction of sp³-hybridized carbons (Fsp3) is 0.222. The van der Waals surface area contributed by atoms with Gasteiger partial charge in [-0.25, -0.2) is 0 Å². The van der Waals surface area contributed by atoms with E-state index in [1.807, 2.05) is 29.2 Å². The number of amides is 1. The summed E-state index contributed by atoms with van der Waals surface area (Å²) in [5, 5.41) is 1.22. The number of aromatic amines is 1. The summed E-state index contributed by atoms with van der Waals surface area (Å²) in [5.74, 6) is 1.29. The van der Waals surface area contributed by atoms with Crippen molar-refractivity contribution in [3.05, 3.63) is 89.1 Å². The molecule has 168 valence electrons. The van der Waals surface area contributed by atoms with E-state index in [4.69, 9.17) is 14.2 Å². The Bertz CT molecular complexity index is 1290. The van der Waals surface area contributed by atoms with E-state index >= 15 is 0 Å². The highest BCUT2D eigenvalue weighted by molar-refractivity contribution is 5.97. The maximum Gasteiger partial charge on any atom is 0.254 e. The van der Waals surface area contributed by atoms with Crippen molar-refractivity contribution in [2.24, 2.45) is 0 Å². The van der Waals surface area contributed by atoms with Crippen LogP contribution >= 0.6 is 0 Å². The van der Waals surface area contributed by atoms with E-state index in [0.29, 0.717) is 29.4 Å². The number of ether oxygens (including phenoxy) is 3. The van der Waals surface area contributed by atoms with E-state index in [1.54, 1.807) is 33.5 Å². The minimum Gasteiger partial charge on any atom is -0.493 e. The normalized spacial score (nSPS) is 15.2. The molecule has 3 aromatic carbocycles. The molecule has 6 nitrogen and oxygen atoms in total. The standard InChI is InChI=1S/C27H26N2O4/c1-31-22-15-18(16-23(32-2)26(22)33-3)27(30)29-14-13-20-19-11-7-8-12-21(19)28-24(20)25(29)17-9-5-4-6-10-17/h4-12,15-16,25,28H,13-14H2,1-3H3/t25-/m1/s1. The second-order valence-electron chi connectivity index (χ2n) is 8.04. The van der Waals surface area contributed by atoms with E-state index in [1.165, 1.54) is 10.9 Å². The molecule has 0 fully saturated rings. The summed E-state index contributed by atoms with van der Waals surface area (Å²) in [6.07, 6.45) is 0.777. The minimum absolute atomic E-state index is 0.0904. The Morgan fingerprint density at radius 2 is 1.58 bits per heavy atom. The van der Waals surface area contributed by atoms with Crippen molar-refractivity contribution in [2.45, 2.75) is 12.5 Å². The number of nitrogens with one attached hydrogen (secondary N) is 1. The highest BCUT2D eigenvalue weighted by Crippen LogP contribution is 2.42. The first kappa shape index (κ1) is 20.9. The molecule has 1 atom stereocenters. The van der Waals surface area contributed by atoms with Gasteiger partial charge in [0, 0.05) is 28.7 Å². The lowest BCUT2D eigenvalue weighted by atomic mass is 9.91. The first-order chi connectivity index (χ1) is 16.2. The Balaban J connectivity index is 1.64. The third kappa shape index (κ3) is 3.48. The van der Waals surface area contributed by atoms with Crippen molar-refractivity contribution in [2.75, 3.05) is 27.9 Å². The van der Waals surface area contributed by atoms with Crippen molar-refractivity contribution < 1.29 is 19.0 Å². The largest absolute Gasteiger partial charge is 0.493 e. The fourth-order valence-electron chi connectivity index (χ4n) is 4.81. The predicted molar refractivity (Wildman–Crippen MR) is 127 cm³/mol. The molecule has 1 amide bonds. The molecule has 33 heavy (non-hydrogen) atoms. The number of methoxy groups -OCH3 is 3. The Labute approximate surface area is 192 Å². The van der Waals surface area contributed by atoms with Gasteiger partial charge in [0.1, 0.15) is 0 Å². The quantitative estimate of drug-likeness (QED) is 0.473. The molecular weight excluding hydrogens is 416 g/mol. The highest BCUT2D eigenvalue weighted by atomic mass is 16.5. The van der Waals surface area contributed by atoms with Gasteiger partial charge < -0.3 is 24.1 Å². The lowest BCUT2D eigenvalue weighted by Crippen LogP contribution is -2.40. The number of carbonyl (C=O) groups is 1. The number of H-pyrrole nitrogens is 1. The Morgan fingerprint density at radius 3 is 2.24 bits per heavy atom. The Hall–Kier alpha value is -3.93. The molecular formula is C27H26N2O4. The summed E-state index contributed by atoms with van der Waals surface area (Å²) in [6, 6.07) is 21.7. The number of rotatable bonds is 5. The third-order valence-electron chi connectivity index (χ3n) is 6.32. The molecule has 0 aliphatic carbocycles. The molecule has 0 saturated heterocycles. The van der Waals surface area contributed by atoms with Crippen LogP contribution in [0.1, 0.15) is 33.2 Å². The number of aromatic nitrogens is 1. The van der Waals surface area contributed by atoms with Gasteiger partial charge in [-0.2, -0.15) is 0 Å². The van der Waals surface area contributed by atoms with Crippen LogP contribution in [0.4, 0.5) is 0 Å². The average molecular weight is 443 g/mol. The zero-order valence-electron chi connectivity index (χ0n) is 18.9. The minimum atomic E-state index is -0.228. The van der Waals surface area contributed by atoms with Crippen molar-refractivity contribution in [1.82, 2.24) is 9.88 Å². The molecule has 0 saturated carbocycles. The zero-order valence-corrected chi connectivity index (χ0v) is 18.9. The third-order valence-corrected chi connectivity index (χ3v) is 6.32. The van der Waals surface area contributed by atoms with E-state index in [0.717, 1.165) is 23.2 Å². The maximum atomic E-state index is 13.9. The molecule has 1 aliphatic rings. The number of hydrogen-bond donors (Lipinski definition) is 1. The van der Waals surface area contributed by atoms with Gasteiger partial charge in [0.15, 0.2) is 11.5 Å². The summed E-state index contributed by atoms with van der Waals surface area (Å²) in [6.45, 7) is 0.601. The number of fused-ring (bicyclic) bond motifs is 3. The summed E-state index contributed by atoms with van der Waals surface area (Å²) in [7, 11) is 4.65. The van der Waals surface area contributed by atoms with E-state index in [9.17, 15) is 4.79 Å². The lowest BCUT2D eigenvalue weighted by molar-refractivity contribution is 0.0691. The van der Waals surface area contributed by atoms with Crippen LogP contribution in [-0.4, -0.2) is 43.7 Å². The molecule has 1 aliphatic heterocycles. The van der Waals surface area contributed by atoms with Gasteiger partial charge in [-0.3, -0.25) is 4.79 Å². The maximum absolute atomic E-state index is 13.9. The number of hydrogen-bond acceptors (Lipinski definition) is 4. The van der Waals surface area contributed by atoms with Crippen LogP contribution in [0, 0.1) is 0 Å². The van der Waals surface area contributed by atoms with Gasteiger partial charge in [0.25, 0.3) is 5.91 Å². The first-order valence-electron chi connectivity index (χ1n) is 10.9. The lowest BCUT2D eigenvalue weighted by Gasteiger charge is -2.36.